The number of carbonyl (C=O) groups is 1. The van der Waals surface area contributed by atoms with Gasteiger partial charge in [-0.15, -0.1) is 0 Å². The van der Waals surface area contributed by atoms with Gasteiger partial charge in [0, 0.05) is 11.1 Å². The van der Waals surface area contributed by atoms with E-state index in [0.717, 1.165) is 0 Å². The van der Waals surface area contributed by atoms with Crippen LogP contribution in [0.4, 0.5) is 10.5 Å². The van der Waals surface area contributed by atoms with Gasteiger partial charge in [-0.3, -0.25) is 16.1 Å². The standard InChI is InChI=1S/C10H13N5O2/c1-17-10(16)15-7-3-2-5(8(11)12)4-6(7)9(13)14/h2-4H,1H3,(H3,11,12)(H3,13,14)(H,15,16). The molecule has 1 amide bonds. The number of carbonyl (C=O) groups excluding carboxylic acids is 1. The van der Waals surface area contributed by atoms with E-state index in [0.29, 0.717) is 11.3 Å². The van der Waals surface area contributed by atoms with Gasteiger partial charge in [0.25, 0.3) is 0 Å². The van der Waals surface area contributed by atoms with Crippen LogP contribution in [0.25, 0.3) is 0 Å². The predicted octanol–water partition coefficient (Wildman–Crippen LogP) is 0.433. The summed E-state index contributed by atoms with van der Waals surface area (Å²) in [7, 11) is 1.23. The third kappa shape index (κ3) is 2.94. The van der Waals surface area contributed by atoms with Crippen molar-refractivity contribution in [2.24, 2.45) is 11.5 Å². The summed E-state index contributed by atoms with van der Waals surface area (Å²) < 4.78 is 4.44. The number of methoxy groups -OCH3 is 1. The number of nitrogens with one attached hydrogen (secondary N) is 3. The highest BCUT2D eigenvalue weighted by Gasteiger charge is 2.10. The summed E-state index contributed by atoms with van der Waals surface area (Å²) >= 11 is 0. The molecule has 1 aromatic rings. The molecule has 0 saturated carbocycles. The van der Waals surface area contributed by atoms with Gasteiger partial charge < -0.3 is 16.2 Å². The van der Waals surface area contributed by atoms with Gasteiger partial charge in [0.15, 0.2) is 0 Å². The van der Waals surface area contributed by atoms with E-state index in [-0.39, 0.29) is 17.2 Å². The molecule has 0 aliphatic heterocycles. The lowest BCUT2D eigenvalue weighted by Gasteiger charge is -2.10. The van der Waals surface area contributed by atoms with Crippen molar-refractivity contribution in [1.82, 2.24) is 0 Å². The minimum absolute atomic E-state index is 0.142. The molecule has 0 unspecified atom stereocenters. The lowest BCUT2D eigenvalue weighted by molar-refractivity contribution is 0.187. The molecular formula is C10H13N5O2. The van der Waals surface area contributed by atoms with Crippen molar-refractivity contribution in [1.29, 1.82) is 10.8 Å². The van der Waals surface area contributed by atoms with Crippen molar-refractivity contribution in [2.75, 3.05) is 12.4 Å². The zero-order chi connectivity index (χ0) is 13.0. The Morgan fingerprint density at radius 3 is 2.41 bits per heavy atom. The molecule has 7 nitrogen and oxygen atoms in total. The second-order valence-electron chi connectivity index (χ2n) is 3.20. The molecule has 0 aromatic heterocycles. The zero-order valence-electron chi connectivity index (χ0n) is 9.20. The number of nitrogen functional groups attached to an aromatic ring is 2. The van der Waals surface area contributed by atoms with Crippen molar-refractivity contribution in [3.05, 3.63) is 29.3 Å². The molecule has 1 aromatic carbocycles. The fraction of sp³-hybridized carbons (Fsp3) is 0.100. The average molecular weight is 235 g/mol. The maximum atomic E-state index is 11.1. The number of benzene rings is 1. The second-order valence-corrected chi connectivity index (χ2v) is 3.20. The number of nitrogens with two attached hydrogens (primary N) is 2. The first kappa shape index (κ1) is 12.5. The second kappa shape index (κ2) is 4.97. The Kier molecular flexibility index (Phi) is 3.66. The van der Waals surface area contributed by atoms with E-state index in [1.54, 1.807) is 6.07 Å². The number of anilines is 1. The van der Waals surface area contributed by atoms with Crippen LogP contribution in [0.2, 0.25) is 0 Å². The predicted molar refractivity (Wildman–Crippen MR) is 64.5 cm³/mol. The molecule has 0 fully saturated rings. The van der Waals surface area contributed by atoms with Crippen LogP contribution in [-0.2, 0) is 4.74 Å². The Hall–Kier alpha value is -2.57. The topological polar surface area (TPSA) is 138 Å². The summed E-state index contributed by atoms with van der Waals surface area (Å²) in [4.78, 5) is 11.1. The van der Waals surface area contributed by atoms with Gasteiger partial charge in [0.05, 0.1) is 12.8 Å². The van der Waals surface area contributed by atoms with Crippen LogP contribution in [-0.4, -0.2) is 24.9 Å². The highest BCUT2D eigenvalue weighted by molar-refractivity contribution is 6.06. The van der Waals surface area contributed by atoms with Gasteiger partial charge in [-0.05, 0) is 18.2 Å². The fourth-order valence-electron chi connectivity index (χ4n) is 1.20. The minimum atomic E-state index is -0.664. The van der Waals surface area contributed by atoms with Crippen LogP contribution in [0.3, 0.4) is 0 Å². The first-order chi connectivity index (χ1) is 7.95. The molecule has 0 saturated heterocycles. The van der Waals surface area contributed by atoms with E-state index in [4.69, 9.17) is 22.3 Å². The van der Waals surface area contributed by atoms with Gasteiger partial charge in [-0.2, -0.15) is 0 Å². The largest absolute Gasteiger partial charge is 0.453 e. The number of rotatable bonds is 3. The monoisotopic (exact) mass is 235 g/mol. The van der Waals surface area contributed by atoms with E-state index in [2.05, 4.69) is 10.1 Å². The molecule has 0 aliphatic rings. The number of hydrogen-bond donors (Lipinski definition) is 5. The summed E-state index contributed by atoms with van der Waals surface area (Å²) in [6.07, 6.45) is -0.664. The lowest BCUT2D eigenvalue weighted by atomic mass is 10.1. The average Bonchev–Trinajstić information content (AvgIpc) is 2.28. The van der Waals surface area contributed by atoms with Gasteiger partial charge in [-0.25, -0.2) is 4.79 Å². The van der Waals surface area contributed by atoms with Crippen LogP contribution in [0.1, 0.15) is 11.1 Å². The SMILES string of the molecule is COC(=O)Nc1ccc(C(=N)N)cc1C(=N)N. The molecule has 7 N–H and O–H groups in total. The van der Waals surface area contributed by atoms with E-state index >= 15 is 0 Å². The van der Waals surface area contributed by atoms with E-state index in [1.807, 2.05) is 0 Å². The summed E-state index contributed by atoms with van der Waals surface area (Å²) in [5.41, 5.74) is 11.7. The van der Waals surface area contributed by atoms with Crippen LogP contribution < -0.4 is 16.8 Å². The molecule has 7 heteroatoms. The summed E-state index contributed by atoms with van der Waals surface area (Å²) in [6.45, 7) is 0. The molecule has 0 bridgehead atoms. The summed E-state index contributed by atoms with van der Waals surface area (Å²) in [5.74, 6) is -0.378. The third-order valence-electron chi connectivity index (χ3n) is 2.04. The first-order valence-corrected chi connectivity index (χ1v) is 4.63. The van der Waals surface area contributed by atoms with Gasteiger partial charge in [0.1, 0.15) is 11.7 Å². The molecule has 0 aliphatic carbocycles. The number of ether oxygens (including phenoxy) is 1. The third-order valence-corrected chi connectivity index (χ3v) is 2.04. The quantitative estimate of drug-likeness (QED) is 0.383. The molecule has 1 rings (SSSR count). The van der Waals surface area contributed by atoms with Crippen molar-refractivity contribution >= 4 is 23.5 Å². The van der Waals surface area contributed by atoms with Crippen molar-refractivity contribution in [3.8, 4) is 0 Å². The molecule has 0 radical (unpaired) electrons. The number of amidine groups is 2. The maximum Gasteiger partial charge on any atom is 0.411 e. The Morgan fingerprint density at radius 2 is 1.94 bits per heavy atom. The smallest absolute Gasteiger partial charge is 0.411 e. The minimum Gasteiger partial charge on any atom is -0.453 e. The Bertz CT molecular complexity index is 484. The molecule has 17 heavy (non-hydrogen) atoms. The summed E-state index contributed by atoms with van der Waals surface area (Å²) in [5, 5.41) is 17.1. The zero-order valence-corrected chi connectivity index (χ0v) is 9.20. The van der Waals surface area contributed by atoms with Crippen LogP contribution in [0.5, 0.6) is 0 Å². The highest BCUT2D eigenvalue weighted by atomic mass is 16.5. The van der Waals surface area contributed by atoms with Crippen molar-refractivity contribution in [3.63, 3.8) is 0 Å². The lowest BCUT2D eigenvalue weighted by Crippen LogP contribution is -2.20. The van der Waals surface area contributed by atoms with E-state index < -0.39 is 6.09 Å². The highest BCUT2D eigenvalue weighted by Crippen LogP contribution is 2.17. The van der Waals surface area contributed by atoms with Gasteiger partial charge >= 0.3 is 6.09 Å². The van der Waals surface area contributed by atoms with Gasteiger partial charge in [-0.1, -0.05) is 0 Å². The number of amides is 1. The van der Waals surface area contributed by atoms with Crippen LogP contribution in [0, 0.1) is 10.8 Å². The van der Waals surface area contributed by atoms with Gasteiger partial charge in [0.2, 0.25) is 0 Å². The molecule has 0 heterocycles. The maximum absolute atomic E-state index is 11.1. The van der Waals surface area contributed by atoms with E-state index in [1.165, 1.54) is 19.2 Å². The molecule has 0 spiro atoms. The van der Waals surface area contributed by atoms with Crippen molar-refractivity contribution < 1.29 is 9.53 Å². The van der Waals surface area contributed by atoms with Crippen LogP contribution in [0.15, 0.2) is 18.2 Å². The Balaban J connectivity index is 3.17. The summed E-state index contributed by atoms with van der Waals surface area (Å²) in [6, 6.07) is 4.50. The van der Waals surface area contributed by atoms with Crippen molar-refractivity contribution in [2.45, 2.75) is 0 Å². The Morgan fingerprint density at radius 1 is 1.29 bits per heavy atom. The first-order valence-electron chi connectivity index (χ1n) is 4.63. The molecular weight excluding hydrogens is 222 g/mol. The Labute approximate surface area is 97.8 Å². The molecule has 0 atom stereocenters. The van der Waals surface area contributed by atoms with Crippen LogP contribution >= 0.6 is 0 Å². The van der Waals surface area contributed by atoms with E-state index in [9.17, 15) is 4.79 Å². The normalized spacial score (nSPS) is 9.47. The number of hydrogen-bond acceptors (Lipinski definition) is 4. The fourth-order valence-corrected chi connectivity index (χ4v) is 1.20. The molecule has 90 valence electrons.